The first-order valence-electron chi connectivity index (χ1n) is 6.28. The molecule has 2 heteroatoms. The summed E-state index contributed by atoms with van der Waals surface area (Å²) in [5.41, 5.74) is 8.41. The van der Waals surface area contributed by atoms with Crippen molar-refractivity contribution < 1.29 is 4.74 Å². The van der Waals surface area contributed by atoms with Crippen LogP contribution in [0, 0.1) is 5.92 Å². The Labute approximate surface area is 105 Å². The lowest BCUT2D eigenvalue weighted by atomic mass is 9.81. The van der Waals surface area contributed by atoms with E-state index in [0.29, 0.717) is 11.8 Å². The smallest absolute Gasteiger partial charge is 0.124 e. The molecule has 1 aromatic carbocycles. The topological polar surface area (TPSA) is 35.2 Å². The van der Waals surface area contributed by atoms with E-state index in [4.69, 9.17) is 10.5 Å². The van der Waals surface area contributed by atoms with Gasteiger partial charge >= 0.3 is 0 Å². The van der Waals surface area contributed by atoms with Crippen molar-refractivity contribution in [3.8, 4) is 5.75 Å². The predicted molar refractivity (Wildman–Crippen MR) is 73.5 cm³/mol. The van der Waals surface area contributed by atoms with Crippen molar-refractivity contribution in [1.82, 2.24) is 0 Å². The predicted octanol–water partition coefficient (Wildman–Crippen LogP) is 3.65. The Bertz CT molecular complexity index is 381. The van der Waals surface area contributed by atoms with Gasteiger partial charge in [0.1, 0.15) is 5.75 Å². The molecule has 1 unspecified atom stereocenters. The second-order valence-electron chi connectivity index (χ2n) is 5.55. The van der Waals surface area contributed by atoms with Crippen molar-refractivity contribution in [2.75, 3.05) is 7.11 Å². The summed E-state index contributed by atoms with van der Waals surface area (Å²) >= 11 is 0. The monoisotopic (exact) mass is 235 g/mol. The van der Waals surface area contributed by atoms with Crippen LogP contribution in [-0.2, 0) is 5.54 Å². The van der Waals surface area contributed by atoms with Crippen molar-refractivity contribution in [3.05, 3.63) is 29.3 Å². The van der Waals surface area contributed by atoms with E-state index in [2.05, 4.69) is 52.8 Å². The molecule has 17 heavy (non-hydrogen) atoms. The molecule has 0 bridgehead atoms. The maximum Gasteiger partial charge on any atom is 0.124 e. The zero-order valence-electron chi connectivity index (χ0n) is 11.9. The van der Waals surface area contributed by atoms with Gasteiger partial charge in [0.05, 0.1) is 7.11 Å². The van der Waals surface area contributed by atoms with Crippen LogP contribution < -0.4 is 10.5 Å². The van der Waals surface area contributed by atoms with Gasteiger partial charge in [0.2, 0.25) is 0 Å². The second-order valence-corrected chi connectivity index (χ2v) is 5.55. The number of hydrogen-bond donors (Lipinski definition) is 1. The van der Waals surface area contributed by atoms with E-state index in [0.717, 1.165) is 11.3 Å². The summed E-state index contributed by atoms with van der Waals surface area (Å²) < 4.78 is 5.49. The van der Waals surface area contributed by atoms with Gasteiger partial charge in [-0.25, -0.2) is 0 Å². The fraction of sp³-hybridized carbons (Fsp3) is 0.600. The lowest BCUT2D eigenvalue weighted by Gasteiger charge is -2.31. The zero-order chi connectivity index (χ0) is 13.2. The van der Waals surface area contributed by atoms with E-state index < -0.39 is 0 Å². The highest BCUT2D eigenvalue weighted by atomic mass is 16.5. The van der Waals surface area contributed by atoms with E-state index in [1.54, 1.807) is 7.11 Å². The van der Waals surface area contributed by atoms with Gasteiger partial charge in [-0.2, -0.15) is 0 Å². The van der Waals surface area contributed by atoms with E-state index in [9.17, 15) is 0 Å². The van der Waals surface area contributed by atoms with Gasteiger partial charge in [-0.15, -0.1) is 0 Å². The Morgan fingerprint density at radius 1 is 1.18 bits per heavy atom. The number of rotatable bonds is 4. The molecule has 0 fully saturated rings. The molecule has 0 spiro atoms. The molecule has 2 nitrogen and oxygen atoms in total. The number of methoxy groups -OCH3 is 1. The highest BCUT2D eigenvalue weighted by molar-refractivity contribution is 5.43. The van der Waals surface area contributed by atoms with Crippen LogP contribution in [0.15, 0.2) is 18.2 Å². The normalized spacial score (nSPS) is 15.1. The molecule has 1 rings (SSSR count). The molecule has 1 atom stereocenters. The van der Waals surface area contributed by atoms with Crippen molar-refractivity contribution >= 4 is 0 Å². The third-order valence-corrected chi connectivity index (χ3v) is 3.67. The molecule has 0 saturated carbocycles. The second kappa shape index (κ2) is 5.09. The summed E-state index contributed by atoms with van der Waals surface area (Å²) in [5.74, 6) is 1.76. The Balaban J connectivity index is 3.26. The molecule has 96 valence electrons. The molecular formula is C15H25NO. The molecule has 2 N–H and O–H groups in total. The maximum absolute atomic E-state index is 6.40. The Morgan fingerprint density at radius 3 is 2.18 bits per heavy atom. The Morgan fingerprint density at radius 2 is 1.76 bits per heavy atom. The molecule has 0 amide bonds. The first kappa shape index (κ1) is 14.0. The lowest BCUT2D eigenvalue weighted by molar-refractivity contribution is 0.326. The summed E-state index contributed by atoms with van der Waals surface area (Å²) in [5, 5.41) is 0. The van der Waals surface area contributed by atoms with Crippen molar-refractivity contribution in [1.29, 1.82) is 0 Å². The molecule has 0 aliphatic rings. The number of nitrogens with two attached hydrogens (primary N) is 1. The van der Waals surface area contributed by atoms with Gasteiger partial charge in [-0.05, 0) is 30.4 Å². The van der Waals surface area contributed by atoms with Crippen LogP contribution in [0.3, 0.4) is 0 Å². The molecule has 1 aromatic rings. The van der Waals surface area contributed by atoms with Crippen LogP contribution in [-0.4, -0.2) is 7.11 Å². The minimum absolute atomic E-state index is 0.360. The molecule has 0 aliphatic heterocycles. The highest BCUT2D eigenvalue weighted by Gasteiger charge is 2.28. The fourth-order valence-corrected chi connectivity index (χ4v) is 1.82. The van der Waals surface area contributed by atoms with Crippen LogP contribution >= 0.6 is 0 Å². The van der Waals surface area contributed by atoms with Crippen molar-refractivity contribution in [2.24, 2.45) is 11.7 Å². The van der Waals surface area contributed by atoms with Crippen LogP contribution in [0.5, 0.6) is 5.75 Å². The third kappa shape index (κ3) is 2.81. The third-order valence-electron chi connectivity index (χ3n) is 3.67. The standard InChI is InChI=1S/C15H25NO/c1-10(2)12-7-8-13(14(9-12)17-6)15(5,16)11(3)4/h7-11H,16H2,1-6H3. The first-order valence-corrected chi connectivity index (χ1v) is 6.28. The van der Waals surface area contributed by atoms with E-state index in [1.807, 2.05) is 0 Å². The van der Waals surface area contributed by atoms with Gasteiger partial charge in [0.15, 0.2) is 0 Å². The fourth-order valence-electron chi connectivity index (χ4n) is 1.82. The number of benzene rings is 1. The van der Waals surface area contributed by atoms with Gasteiger partial charge in [0, 0.05) is 11.1 Å². The summed E-state index contributed by atoms with van der Waals surface area (Å²) in [7, 11) is 1.71. The average Bonchev–Trinajstić information content (AvgIpc) is 2.27. The Hall–Kier alpha value is -1.02. The van der Waals surface area contributed by atoms with Crippen LogP contribution in [0.4, 0.5) is 0 Å². The average molecular weight is 235 g/mol. The number of hydrogen-bond acceptors (Lipinski definition) is 2. The van der Waals surface area contributed by atoms with E-state index in [-0.39, 0.29) is 5.54 Å². The number of ether oxygens (including phenoxy) is 1. The molecule has 0 heterocycles. The van der Waals surface area contributed by atoms with Gasteiger partial charge in [0.25, 0.3) is 0 Å². The van der Waals surface area contributed by atoms with Gasteiger partial charge < -0.3 is 10.5 Å². The van der Waals surface area contributed by atoms with Crippen molar-refractivity contribution in [2.45, 2.75) is 46.1 Å². The van der Waals surface area contributed by atoms with E-state index in [1.165, 1.54) is 5.56 Å². The van der Waals surface area contributed by atoms with Crippen molar-refractivity contribution in [3.63, 3.8) is 0 Å². The SMILES string of the molecule is COc1cc(C(C)C)ccc1C(C)(N)C(C)C. The quantitative estimate of drug-likeness (QED) is 0.864. The molecular weight excluding hydrogens is 210 g/mol. The minimum Gasteiger partial charge on any atom is -0.496 e. The molecule has 0 radical (unpaired) electrons. The molecule has 0 saturated heterocycles. The van der Waals surface area contributed by atoms with Crippen LogP contribution in [0.25, 0.3) is 0 Å². The largest absolute Gasteiger partial charge is 0.496 e. The lowest BCUT2D eigenvalue weighted by Crippen LogP contribution is -2.38. The summed E-state index contributed by atoms with van der Waals surface area (Å²) in [6.07, 6.45) is 0. The maximum atomic E-state index is 6.40. The zero-order valence-corrected chi connectivity index (χ0v) is 11.9. The van der Waals surface area contributed by atoms with Crippen LogP contribution in [0.2, 0.25) is 0 Å². The highest BCUT2D eigenvalue weighted by Crippen LogP contribution is 2.35. The van der Waals surface area contributed by atoms with Gasteiger partial charge in [-0.1, -0.05) is 39.8 Å². The minimum atomic E-state index is -0.360. The summed E-state index contributed by atoms with van der Waals surface area (Å²) in [6.45, 7) is 10.7. The van der Waals surface area contributed by atoms with Gasteiger partial charge in [-0.3, -0.25) is 0 Å². The summed E-state index contributed by atoms with van der Waals surface area (Å²) in [6, 6.07) is 6.36. The van der Waals surface area contributed by atoms with E-state index >= 15 is 0 Å². The Kier molecular flexibility index (Phi) is 4.21. The molecule has 0 aliphatic carbocycles. The van der Waals surface area contributed by atoms with Crippen LogP contribution in [0.1, 0.15) is 51.7 Å². The first-order chi connectivity index (χ1) is 7.80. The molecule has 0 aromatic heterocycles. The summed E-state index contributed by atoms with van der Waals surface area (Å²) in [4.78, 5) is 0.